The fourth-order valence-electron chi connectivity index (χ4n) is 1.95. The van der Waals surface area contributed by atoms with Crippen molar-refractivity contribution in [2.24, 2.45) is 0 Å². The molecule has 27 heavy (non-hydrogen) atoms. The third kappa shape index (κ3) is 6.62. The molecule has 7 nitrogen and oxygen atoms in total. The van der Waals surface area contributed by atoms with Crippen molar-refractivity contribution in [3.8, 4) is 11.5 Å². The quantitative estimate of drug-likeness (QED) is 0.664. The number of esters is 1. The van der Waals surface area contributed by atoms with Crippen molar-refractivity contribution >= 4 is 40.9 Å². The molecule has 0 bridgehead atoms. The van der Waals surface area contributed by atoms with E-state index in [1.807, 2.05) is 6.92 Å². The van der Waals surface area contributed by atoms with Gasteiger partial charge in [-0.3, -0.25) is 4.79 Å². The van der Waals surface area contributed by atoms with Gasteiger partial charge in [-0.05, 0) is 44.2 Å². The lowest BCUT2D eigenvalue weighted by molar-refractivity contribution is -0.155. The number of anilines is 1. The van der Waals surface area contributed by atoms with Gasteiger partial charge >= 0.3 is 5.97 Å². The fraction of sp³-hybridized carbons (Fsp3) is 0.278. The molecule has 0 saturated heterocycles. The number of hydrogen-bond donors (Lipinski definition) is 1. The summed E-state index contributed by atoms with van der Waals surface area (Å²) in [6.07, 6.45) is 0.277. The van der Waals surface area contributed by atoms with Crippen LogP contribution >= 0.6 is 23.2 Å². The van der Waals surface area contributed by atoms with Gasteiger partial charge in [0.25, 0.3) is 5.91 Å². The Morgan fingerprint density at radius 3 is 2.37 bits per heavy atom. The van der Waals surface area contributed by atoms with E-state index in [0.29, 0.717) is 23.1 Å². The summed E-state index contributed by atoms with van der Waals surface area (Å²) in [6.45, 7) is 3.53. The lowest BCUT2D eigenvalue weighted by Gasteiger charge is -2.14. The lowest BCUT2D eigenvalue weighted by atomic mass is 10.3. The SMILES string of the molecule is CCOc1ccc(OCC(=O)OC(C)C(=O)Nc2ncc(Cl)cc2Cl)cc1. The van der Waals surface area contributed by atoms with Gasteiger partial charge in [0, 0.05) is 6.20 Å². The van der Waals surface area contributed by atoms with E-state index in [4.69, 9.17) is 37.4 Å². The van der Waals surface area contributed by atoms with E-state index in [1.165, 1.54) is 19.2 Å². The number of benzene rings is 1. The van der Waals surface area contributed by atoms with Crippen LogP contribution in [0.15, 0.2) is 36.5 Å². The van der Waals surface area contributed by atoms with Gasteiger partial charge in [0.05, 0.1) is 16.7 Å². The largest absolute Gasteiger partial charge is 0.494 e. The van der Waals surface area contributed by atoms with E-state index >= 15 is 0 Å². The van der Waals surface area contributed by atoms with Crippen LogP contribution < -0.4 is 14.8 Å². The molecule has 1 unspecified atom stereocenters. The first kappa shape index (κ1) is 20.8. The van der Waals surface area contributed by atoms with Crippen LogP contribution in [0.25, 0.3) is 0 Å². The van der Waals surface area contributed by atoms with Gasteiger partial charge in [-0.15, -0.1) is 0 Å². The Morgan fingerprint density at radius 1 is 1.15 bits per heavy atom. The van der Waals surface area contributed by atoms with Crippen LogP contribution in [0.1, 0.15) is 13.8 Å². The number of pyridine rings is 1. The molecular weight excluding hydrogens is 395 g/mol. The molecule has 0 aliphatic rings. The summed E-state index contributed by atoms with van der Waals surface area (Å²) in [4.78, 5) is 27.8. The minimum Gasteiger partial charge on any atom is -0.494 e. The van der Waals surface area contributed by atoms with E-state index in [-0.39, 0.29) is 17.4 Å². The molecule has 0 spiro atoms. The monoisotopic (exact) mass is 412 g/mol. The number of halogens is 2. The summed E-state index contributed by atoms with van der Waals surface area (Å²) in [5.41, 5.74) is 0. The Labute approximate surface area is 166 Å². The fourth-order valence-corrected chi connectivity index (χ4v) is 2.38. The molecule has 0 saturated carbocycles. The van der Waals surface area contributed by atoms with Gasteiger partial charge in [-0.2, -0.15) is 0 Å². The molecule has 0 radical (unpaired) electrons. The summed E-state index contributed by atoms with van der Waals surface area (Å²) in [5.74, 6) is 0.0271. The zero-order chi connectivity index (χ0) is 19.8. The van der Waals surface area contributed by atoms with Gasteiger partial charge < -0.3 is 19.5 Å². The molecular formula is C18H18Cl2N2O5. The normalized spacial score (nSPS) is 11.4. The van der Waals surface area contributed by atoms with E-state index < -0.39 is 18.0 Å². The van der Waals surface area contributed by atoms with Gasteiger partial charge in [-0.1, -0.05) is 23.2 Å². The van der Waals surface area contributed by atoms with Crippen molar-refractivity contribution in [3.05, 3.63) is 46.6 Å². The highest BCUT2D eigenvalue weighted by atomic mass is 35.5. The Morgan fingerprint density at radius 2 is 1.78 bits per heavy atom. The maximum absolute atomic E-state index is 12.1. The standard InChI is InChI=1S/C18H18Cl2N2O5/c1-3-25-13-4-6-14(7-5-13)26-10-16(23)27-11(2)18(24)22-17-15(20)8-12(19)9-21-17/h4-9,11H,3,10H2,1-2H3,(H,21,22,24). The van der Waals surface area contributed by atoms with E-state index in [1.54, 1.807) is 24.3 Å². The molecule has 0 aliphatic heterocycles. The smallest absolute Gasteiger partial charge is 0.344 e. The predicted molar refractivity (Wildman–Crippen MR) is 102 cm³/mol. The third-order valence-corrected chi connectivity index (χ3v) is 3.71. The number of nitrogens with zero attached hydrogens (tertiary/aromatic N) is 1. The second-order valence-corrected chi connectivity index (χ2v) is 6.14. The van der Waals surface area contributed by atoms with Crippen molar-refractivity contribution in [3.63, 3.8) is 0 Å². The minimum absolute atomic E-state index is 0.125. The summed E-state index contributed by atoms with van der Waals surface area (Å²) in [7, 11) is 0. The Kier molecular flexibility index (Phi) is 7.69. The summed E-state index contributed by atoms with van der Waals surface area (Å²) >= 11 is 11.7. The summed E-state index contributed by atoms with van der Waals surface area (Å²) < 4.78 is 15.7. The first-order chi connectivity index (χ1) is 12.9. The van der Waals surface area contributed by atoms with Crippen molar-refractivity contribution in [1.82, 2.24) is 4.98 Å². The first-order valence-electron chi connectivity index (χ1n) is 8.06. The molecule has 0 fully saturated rings. The first-order valence-corrected chi connectivity index (χ1v) is 8.81. The second kappa shape index (κ2) is 9.99. The van der Waals surface area contributed by atoms with Crippen LogP contribution in [0.3, 0.4) is 0 Å². The average molecular weight is 413 g/mol. The molecule has 1 aromatic carbocycles. The number of carbonyl (C=O) groups excluding carboxylic acids is 2. The Balaban J connectivity index is 1.81. The molecule has 144 valence electrons. The van der Waals surface area contributed by atoms with Crippen LogP contribution in [-0.4, -0.2) is 36.2 Å². The Bertz CT molecular complexity index is 799. The maximum Gasteiger partial charge on any atom is 0.344 e. The second-order valence-electron chi connectivity index (χ2n) is 5.30. The third-order valence-electron chi connectivity index (χ3n) is 3.22. The van der Waals surface area contributed by atoms with Crippen LogP contribution in [0.4, 0.5) is 5.82 Å². The van der Waals surface area contributed by atoms with Crippen molar-refractivity contribution < 1.29 is 23.8 Å². The maximum atomic E-state index is 12.1. The van der Waals surface area contributed by atoms with Gasteiger partial charge in [0.2, 0.25) is 0 Å². The molecule has 1 aromatic heterocycles. The number of amides is 1. The van der Waals surface area contributed by atoms with E-state index in [9.17, 15) is 9.59 Å². The molecule has 1 N–H and O–H groups in total. The number of aromatic nitrogens is 1. The van der Waals surface area contributed by atoms with Gasteiger partial charge in [0.1, 0.15) is 11.5 Å². The number of ether oxygens (including phenoxy) is 3. The molecule has 2 rings (SSSR count). The Hall–Kier alpha value is -2.51. The zero-order valence-electron chi connectivity index (χ0n) is 14.7. The highest BCUT2D eigenvalue weighted by molar-refractivity contribution is 6.36. The van der Waals surface area contributed by atoms with Crippen LogP contribution in [-0.2, 0) is 14.3 Å². The van der Waals surface area contributed by atoms with Crippen molar-refractivity contribution in [1.29, 1.82) is 0 Å². The highest BCUT2D eigenvalue weighted by Gasteiger charge is 2.19. The molecule has 2 aromatic rings. The van der Waals surface area contributed by atoms with Crippen LogP contribution in [0.5, 0.6) is 11.5 Å². The van der Waals surface area contributed by atoms with Crippen molar-refractivity contribution in [2.45, 2.75) is 20.0 Å². The summed E-state index contributed by atoms with van der Waals surface area (Å²) in [5, 5.41) is 2.97. The minimum atomic E-state index is -1.06. The molecule has 1 amide bonds. The van der Waals surface area contributed by atoms with Crippen LogP contribution in [0, 0.1) is 0 Å². The highest BCUT2D eigenvalue weighted by Crippen LogP contribution is 2.22. The van der Waals surface area contributed by atoms with E-state index in [2.05, 4.69) is 10.3 Å². The number of nitrogens with one attached hydrogen (secondary N) is 1. The molecule has 1 heterocycles. The number of carbonyl (C=O) groups is 2. The molecule has 9 heteroatoms. The van der Waals surface area contributed by atoms with Gasteiger partial charge in [-0.25, -0.2) is 9.78 Å². The zero-order valence-corrected chi connectivity index (χ0v) is 16.2. The average Bonchev–Trinajstić information content (AvgIpc) is 2.63. The van der Waals surface area contributed by atoms with Crippen LogP contribution in [0.2, 0.25) is 10.0 Å². The molecule has 1 atom stereocenters. The lowest BCUT2D eigenvalue weighted by Crippen LogP contribution is -2.32. The topological polar surface area (TPSA) is 86.8 Å². The van der Waals surface area contributed by atoms with Gasteiger partial charge in [0.15, 0.2) is 18.5 Å². The predicted octanol–water partition coefficient (Wildman–Crippen LogP) is 3.74. The summed E-state index contributed by atoms with van der Waals surface area (Å²) in [6, 6.07) is 8.23. The van der Waals surface area contributed by atoms with E-state index in [0.717, 1.165) is 0 Å². The van der Waals surface area contributed by atoms with Crippen molar-refractivity contribution in [2.75, 3.05) is 18.5 Å². The number of rotatable bonds is 8. The number of hydrogen-bond acceptors (Lipinski definition) is 6. The molecule has 0 aliphatic carbocycles.